The molecule has 1 aromatic heterocycles. The maximum Gasteiger partial charge on any atom is 0.254 e. The highest BCUT2D eigenvalue weighted by molar-refractivity contribution is 7.10. The summed E-state index contributed by atoms with van der Waals surface area (Å²) in [5.41, 5.74) is 1.52. The molecule has 184 valence electrons. The Morgan fingerprint density at radius 3 is 2.71 bits per heavy atom. The molecule has 0 saturated carbocycles. The largest absolute Gasteiger partial charge is 0.491 e. The summed E-state index contributed by atoms with van der Waals surface area (Å²) in [4.78, 5) is 31.6. The van der Waals surface area contributed by atoms with Crippen molar-refractivity contribution in [3.05, 3.63) is 86.8 Å². The molecule has 0 unspecified atom stereocenters. The fourth-order valence-electron chi connectivity index (χ4n) is 4.25. The Kier molecular flexibility index (Phi) is 8.08. The lowest BCUT2D eigenvalue weighted by Gasteiger charge is -2.38. The molecule has 35 heavy (non-hydrogen) atoms. The SMILES string of the molecule is CC[C@H](C)N(CC(=O)N1CCc2sccc2[C@H]1COc1ccc(F)cc1)C(=O)c1cccc(Cl)c1. The summed E-state index contributed by atoms with van der Waals surface area (Å²) in [5, 5.41) is 2.50. The first-order valence-corrected chi connectivity index (χ1v) is 12.9. The maximum atomic E-state index is 13.6. The Labute approximate surface area is 214 Å². The number of nitrogens with zero attached hydrogens (tertiary/aromatic N) is 2. The van der Waals surface area contributed by atoms with Crippen LogP contribution in [0.4, 0.5) is 4.39 Å². The first-order valence-electron chi connectivity index (χ1n) is 11.7. The van der Waals surface area contributed by atoms with Crippen molar-refractivity contribution < 1.29 is 18.7 Å². The number of fused-ring (bicyclic) bond motifs is 1. The molecular formula is C27H28ClFN2O3S. The molecule has 0 N–H and O–H groups in total. The van der Waals surface area contributed by atoms with Gasteiger partial charge >= 0.3 is 0 Å². The van der Waals surface area contributed by atoms with Crippen LogP contribution < -0.4 is 4.74 Å². The van der Waals surface area contributed by atoms with Crippen LogP contribution in [-0.4, -0.2) is 47.4 Å². The van der Waals surface area contributed by atoms with Gasteiger partial charge in [0.1, 0.15) is 24.7 Å². The summed E-state index contributed by atoms with van der Waals surface area (Å²) < 4.78 is 19.2. The number of ether oxygens (including phenoxy) is 1. The molecule has 4 rings (SSSR count). The molecule has 2 atom stereocenters. The molecule has 2 heterocycles. The van der Waals surface area contributed by atoms with Gasteiger partial charge in [0.05, 0.1) is 6.04 Å². The van der Waals surface area contributed by atoms with E-state index in [1.165, 1.54) is 17.0 Å². The molecule has 1 aliphatic rings. The molecule has 0 spiro atoms. The van der Waals surface area contributed by atoms with Gasteiger partial charge in [-0.05, 0) is 79.2 Å². The molecule has 0 aliphatic carbocycles. The van der Waals surface area contributed by atoms with Crippen LogP contribution in [0.1, 0.15) is 47.1 Å². The van der Waals surface area contributed by atoms with Crippen LogP contribution in [0.5, 0.6) is 5.75 Å². The van der Waals surface area contributed by atoms with Crippen molar-refractivity contribution in [1.29, 1.82) is 0 Å². The van der Waals surface area contributed by atoms with E-state index in [4.69, 9.17) is 16.3 Å². The highest BCUT2D eigenvalue weighted by Gasteiger charge is 2.34. The molecule has 2 aromatic carbocycles. The molecule has 0 radical (unpaired) electrons. The van der Waals surface area contributed by atoms with Gasteiger partial charge in [0, 0.05) is 28.0 Å². The Balaban J connectivity index is 1.54. The minimum Gasteiger partial charge on any atom is -0.491 e. The second-order valence-electron chi connectivity index (χ2n) is 8.62. The number of rotatable bonds is 8. The van der Waals surface area contributed by atoms with Gasteiger partial charge in [-0.15, -0.1) is 11.3 Å². The summed E-state index contributed by atoms with van der Waals surface area (Å²) in [6.45, 7) is 4.69. The molecule has 2 amide bonds. The molecule has 0 bridgehead atoms. The van der Waals surface area contributed by atoms with Gasteiger partial charge < -0.3 is 14.5 Å². The van der Waals surface area contributed by atoms with Crippen molar-refractivity contribution in [2.75, 3.05) is 19.7 Å². The van der Waals surface area contributed by atoms with Crippen LogP contribution in [0.15, 0.2) is 60.0 Å². The number of hydrogen-bond acceptors (Lipinski definition) is 4. The zero-order valence-electron chi connectivity index (χ0n) is 19.7. The smallest absolute Gasteiger partial charge is 0.254 e. The summed E-state index contributed by atoms with van der Waals surface area (Å²) in [5.74, 6) is -0.146. The van der Waals surface area contributed by atoms with Crippen LogP contribution in [0, 0.1) is 5.82 Å². The molecule has 1 aliphatic heterocycles. The number of carbonyl (C=O) groups is 2. The summed E-state index contributed by atoms with van der Waals surface area (Å²) >= 11 is 7.78. The van der Waals surface area contributed by atoms with Crippen molar-refractivity contribution >= 4 is 34.8 Å². The number of hydrogen-bond donors (Lipinski definition) is 0. The van der Waals surface area contributed by atoms with E-state index in [0.29, 0.717) is 29.3 Å². The third-order valence-corrected chi connectivity index (χ3v) is 7.63. The quantitative estimate of drug-likeness (QED) is 0.371. The van der Waals surface area contributed by atoms with Crippen molar-refractivity contribution in [3.63, 3.8) is 0 Å². The third kappa shape index (κ3) is 5.85. The fraction of sp³-hybridized carbons (Fsp3) is 0.333. The maximum absolute atomic E-state index is 13.6. The number of amides is 2. The monoisotopic (exact) mass is 514 g/mol. The highest BCUT2D eigenvalue weighted by Crippen LogP contribution is 2.34. The summed E-state index contributed by atoms with van der Waals surface area (Å²) in [6.07, 6.45) is 1.47. The molecule has 5 nitrogen and oxygen atoms in total. The summed E-state index contributed by atoms with van der Waals surface area (Å²) in [7, 11) is 0. The normalized spacial score (nSPS) is 15.9. The topological polar surface area (TPSA) is 49.9 Å². The Bertz CT molecular complexity index is 1180. The van der Waals surface area contributed by atoms with E-state index in [1.54, 1.807) is 57.5 Å². The van der Waals surface area contributed by atoms with Crippen LogP contribution in [0.25, 0.3) is 0 Å². The number of carbonyl (C=O) groups excluding carboxylic acids is 2. The number of thiophene rings is 1. The minimum absolute atomic E-state index is 0.0348. The lowest BCUT2D eigenvalue weighted by atomic mass is 10.00. The lowest BCUT2D eigenvalue weighted by Crippen LogP contribution is -2.49. The van der Waals surface area contributed by atoms with E-state index in [1.807, 2.05) is 25.3 Å². The van der Waals surface area contributed by atoms with Crippen molar-refractivity contribution in [3.8, 4) is 5.75 Å². The first kappa shape index (κ1) is 25.2. The van der Waals surface area contributed by atoms with Crippen LogP contribution in [-0.2, 0) is 11.2 Å². The van der Waals surface area contributed by atoms with E-state index < -0.39 is 0 Å². The second kappa shape index (κ2) is 11.2. The van der Waals surface area contributed by atoms with Crippen molar-refractivity contribution in [2.24, 2.45) is 0 Å². The van der Waals surface area contributed by atoms with Gasteiger partial charge in [-0.2, -0.15) is 0 Å². The summed E-state index contributed by atoms with van der Waals surface area (Å²) in [6, 6.07) is 14.3. The van der Waals surface area contributed by atoms with Gasteiger partial charge in [0.2, 0.25) is 5.91 Å². The standard InChI is InChI=1S/C27H28ClFN2O3S/c1-3-18(2)31(27(33)19-5-4-6-20(28)15-19)16-26(32)30-13-11-25-23(12-14-35-25)24(30)17-34-22-9-7-21(29)8-10-22/h4-10,12,14-15,18,24H,3,11,13,16-17H2,1-2H3/t18-,24+/m0/s1. The van der Waals surface area contributed by atoms with Gasteiger partial charge in [-0.1, -0.05) is 24.6 Å². The number of halogens is 2. The molecule has 3 aromatic rings. The van der Waals surface area contributed by atoms with Gasteiger partial charge in [0.25, 0.3) is 5.91 Å². The molecule has 8 heteroatoms. The van der Waals surface area contributed by atoms with Crippen molar-refractivity contribution in [1.82, 2.24) is 9.80 Å². The van der Waals surface area contributed by atoms with E-state index in [2.05, 4.69) is 0 Å². The van der Waals surface area contributed by atoms with Crippen LogP contribution >= 0.6 is 22.9 Å². The lowest BCUT2D eigenvalue weighted by molar-refractivity contribution is -0.136. The zero-order valence-corrected chi connectivity index (χ0v) is 21.3. The fourth-order valence-corrected chi connectivity index (χ4v) is 5.37. The highest BCUT2D eigenvalue weighted by atomic mass is 35.5. The molecule has 0 saturated heterocycles. The van der Waals surface area contributed by atoms with Crippen molar-refractivity contribution in [2.45, 2.75) is 38.8 Å². The van der Waals surface area contributed by atoms with E-state index in [0.717, 1.165) is 12.0 Å². The van der Waals surface area contributed by atoms with Crippen LogP contribution in [0.2, 0.25) is 5.02 Å². The minimum atomic E-state index is -0.332. The molecule has 0 fully saturated rings. The molecular weight excluding hydrogens is 487 g/mol. The van der Waals surface area contributed by atoms with Gasteiger partial charge in [-0.3, -0.25) is 9.59 Å². The second-order valence-corrected chi connectivity index (χ2v) is 10.1. The predicted octanol–water partition coefficient (Wildman–Crippen LogP) is 5.99. The Morgan fingerprint density at radius 1 is 1.23 bits per heavy atom. The van der Waals surface area contributed by atoms with Gasteiger partial charge in [-0.25, -0.2) is 4.39 Å². The first-order chi connectivity index (χ1) is 16.9. The van der Waals surface area contributed by atoms with Crippen LogP contribution in [0.3, 0.4) is 0 Å². The predicted molar refractivity (Wildman–Crippen MR) is 137 cm³/mol. The average molecular weight is 515 g/mol. The van der Waals surface area contributed by atoms with Gasteiger partial charge in [0.15, 0.2) is 0 Å². The number of benzene rings is 2. The third-order valence-electron chi connectivity index (χ3n) is 6.40. The van der Waals surface area contributed by atoms with E-state index in [-0.39, 0.29) is 42.9 Å². The Morgan fingerprint density at radius 2 is 2.00 bits per heavy atom. The Hall–Kier alpha value is -2.90. The zero-order chi connectivity index (χ0) is 24.9. The van der Waals surface area contributed by atoms with E-state index >= 15 is 0 Å². The average Bonchev–Trinajstić information content (AvgIpc) is 3.35. The van der Waals surface area contributed by atoms with E-state index in [9.17, 15) is 14.0 Å².